The third-order valence-electron chi connectivity index (χ3n) is 3.88. The average Bonchev–Trinajstić information content (AvgIpc) is 2.42. The van der Waals surface area contributed by atoms with Gasteiger partial charge in [-0.25, -0.2) is 0 Å². The minimum Gasteiger partial charge on any atom is -0.356 e. The van der Waals surface area contributed by atoms with Gasteiger partial charge in [0.25, 0.3) is 0 Å². The second-order valence-electron chi connectivity index (χ2n) is 7.91. The van der Waals surface area contributed by atoms with E-state index in [0.29, 0.717) is 25.4 Å². The van der Waals surface area contributed by atoms with Crippen molar-refractivity contribution in [2.45, 2.75) is 63.4 Å². The second kappa shape index (κ2) is 8.65. The molecule has 1 N–H and O–H groups in total. The van der Waals surface area contributed by atoms with E-state index < -0.39 is 0 Å². The van der Waals surface area contributed by atoms with Gasteiger partial charge in [0.15, 0.2) is 0 Å². The topological polar surface area (TPSA) is 49.4 Å². The zero-order valence-electron chi connectivity index (χ0n) is 15.1. The maximum absolute atomic E-state index is 12.2. The van der Waals surface area contributed by atoms with Crippen LogP contribution in [0.5, 0.6) is 0 Å². The van der Waals surface area contributed by atoms with E-state index >= 15 is 0 Å². The Hall–Kier alpha value is -0.360. The monoisotopic (exact) mass is 360 g/mol. The number of thioether (sulfide) groups is 1. The molecule has 0 spiro atoms. The van der Waals surface area contributed by atoms with Gasteiger partial charge in [-0.15, -0.1) is 11.8 Å². The Bertz CT molecular complexity index is 406. The number of nitrogens with zero attached hydrogens (tertiary/aromatic N) is 1. The third-order valence-corrected chi connectivity index (χ3v) is 5.36. The van der Waals surface area contributed by atoms with Gasteiger partial charge in [0.1, 0.15) is 0 Å². The quantitative estimate of drug-likeness (QED) is 0.716. The summed E-state index contributed by atoms with van der Waals surface area (Å²) in [5, 5.41) is 3.00. The number of carbonyl (C=O) groups excluding carboxylic acids is 2. The van der Waals surface area contributed by atoms with Gasteiger partial charge in [0.05, 0.1) is 5.75 Å². The van der Waals surface area contributed by atoms with Crippen molar-refractivity contribution in [1.29, 1.82) is 0 Å². The number of carbonyl (C=O) groups is 2. The summed E-state index contributed by atoms with van der Waals surface area (Å²) in [6.45, 7) is 12.5. The largest absolute Gasteiger partial charge is 0.356 e. The van der Waals surface area contributed by atoms with Crippen molar-refractivity contribution in [3.63, 3.8) is 0 Å². The minimum absolute atomic E-state index is 0.0392. The van der Waals surface area contributed by atoms with Gasteiger partial charge >= 0.3 is 0 Å². The molecule has 1 fully saturated rings. The molecule has 0 radical (unpaired) electrons. The first-order valence-electron chi connectivity index (χ1n) is 8.40. The van der Waals surface area contributed by atoms with Crippen LogP contribution < -0.4 is 5.32 Å². The number of rotatable bonds is 6. The Morgan fingerprint density at radius 3 is 2.22 bits per heavy atom. The van der Waals surface area contributed by atoms with E-state index in [9.17, 15) is 9.59 Å². The Balaban J connectivity index is 2.29. The fourth-order valence-electron chi connectivity index (χ4n) is 2.40. The molecule has 1 aliphatic rings. The van der Waals surface area contributed by atoms with Crippen LogP contribution in [0.4, 0.5) is 0 Å². The predicted octanol–water partition coefficient (Wildman–Crippen LogP) is 2.97. The lowest BCUT2D eigenvalue weighted by atomic mass is 9.95. The van der Waals surface area contributed by atoms with Crippen LogP contribution >= 0.6 is 24.4 Å². The first-order valence-corrected chi connectivity index (χ1v) is 9.83. The van der Waals surface area contributed by atoms with Crippen molar-refractivity contribution in [3.05, 3.63) is 0 Å². The molecule has 23 heavy (non-hydrogen) atoms. The number of nitrogens with one attached hydrogen (secondary N) is 1. The summed E-state index contributed by atoms with van der Waals surface area (Å²) in [4.78, 5) is 26.3. The molecule has 1 aliphatic heterocycles. The molecular weight excluding hydrogens is 328 g/mol. The van der Waals surface area contributed by atoms with E-state index in [4.69, 9.17) is 0 Å². The number of hydrogen-bond donors (Lipinski definition) is 2. The van der Waals surface area contributed by atoms with Gasteiger partial charge < -0.3 is 10.2 Å². The zero-order chi connectivity index (χ0) is 17.7. The molecular formula is C17H32N2O2S2. The van der Waals surface area contributed by atoms with Crippen LogP contribution in [0, 0.1) is 5.92 Å². The predicted molar refractivity (Wildman–Crippen MR) is 102 cm³/mol. The van der Waals surface area contributed by atoms with Gasteiger partial charge in [-0.05, 0) is 19.3 Å². The molecule has 0 aromatic carbocycles. The SMILES string of the molecule is CC(C)(S)CCNC(=O)C1CCN(C(=O)CSC(C)(C)C)CC1. The van der Waals surface area contributed by atoms with E-state index in [1.165, 1.54) is 0 Å². The molecule has 0 unspecified atom stereocenters. The Morgan fingerprint density at radius 1 is 1.17 bits per heavy atom. The van der Waals surface area contributed by atoms with E-state index in [-0.39, 0.29) is 27.2 Å². The maximum atomic E-state index is 12.2. The number of hydrogen-bond acceptors (Lipinski definition) is 4. The Labute approximate surface area is 150 Å². The fraction of sp³-hybridized carbons (Fsp3) is 0.882. The van der Waals surface area contributed by atoms with Gasteiger partial charge in [-0.2, -0.15) is 12.6 Å². The lowest BCUT2D eigenvalue weighted by molar-refractivity contribution is -0.133. The number of thiol groups is 1. The normalized spacial score (nSPS) is 17.2. The summed E-state index contributed by atoms with van der Waals surface area (Å²) in [6.07, 6.45) is 2.38. The van der Waals surface area contributed by atoms with E-state index in [0.717, 1.165) is 19.3 Å². The molecule has 1 rings (SSSR count). The first-order chi connectivity index (χ1) is 10.5. The van der Waals surface area contributed by atoms with Crippen molar-refractivity contribution in [1.82, 2.24) is 10.2 Å². The van der Waals surface area contributed by atoms with Crippen LogP contribution in [0.15, 0.2) is 0 Å². The molecule has 0 aromatic heterocycles. The average molecular weight is 361 g/mol. The van der Waals surface area contributed by atoms with Crippen LogP contribution in [0.3, 0.4) is 0 Å². The molecule has 0 saturated carbocycles. The third kappa shape index (κ3) is 8.89. The van der Waals surface area contributed by atoms with Gasteiger partial charge in [0, 0.05) is 35.0 Å². The summed E-state index contributed by atoms with van der Waals surface area (Å²) in [5.74, 6) is 0.883. The van der Waals surface area contributed by atoms with E-state index in [1.807, 2.05) is 18.7 Å². The molecule has 0 aliphatic carbocycles. The highest BCUT2D eigenvalue weighted by Crippen LogP contribution is 2.25. The minimum atomic E-state index is -0.0617. The van der Waals surface area contributed by atoms with E-state index in [1.54, 1.807) is 11.8 Å². The molecule has 4 nitrogen and oxygen atoms in total. The lowest BCUT2D eigenvalue weighted by Gasteiger charge is -2.32. The highest BCUT2D eigenvalue weighted by atomic mass is 32.2. The van der Waals surface area contributed by atoms with Crippen LogP contribution in [0.25, 0.3) is 0 Å². The molecule has 2 amide bonds. The molecule has 0 aromatic rings. The van der Waals surface area contributed by atoms with Crippen LogP contribution in [-0.4, -0.2) is 51.6 Å². The number of likely N-dealkylation sites (tertiary alicyclic amines) is 1. The fourth-order valence-corrected chi connectivity index (χ4v) is 3.25. The van der Waals surface area contributed by atoms with Crippen molar-refractivity contribution in [3.8, 4) is 0 Å². The van der Waals surface area contributed by atoms with Crippen LogP contribution in [-0.2, 0) is 9.59 Å². The Morgan fingerprint density at radius 2 is 1.74 bits per heavy atom. The second-order valence-corrected chi connectivity index (χ2v) is 10.9. The highest BCUT2D eigenvalue weighted by Gasteiger charge is 2.28. The van der Waals surface area contributed by atoms with Crippen LogP contribution in [0.1, 0.15) is 53.9 Å². The molecule has 134 valence electrons. The molecule has 6 heteroatoms. The summed E-state index contributed by atoms with van der Waals surface area (Å²) in [5.41, 5.74) is 0. The van der Waals surface area contributed by atoms with Gasteiger partial charge in [0.2, 0.25) is 11.8 Å². The number of piperidine rings is 1. The molecule has 0 atom stereocenters. The summed E-state index contributed by atoms with van der Waals surface area (Å²) < 4.78 is 0.0441. The lowest BCUT2D eigenvalue weighted by Crippen LogP contribution is -2.44. The smallest absolute Gasteiger partial charge is 0.232 e. The summed E-state index contributed by atoms with van der Waals surface area (Å²) in [7, 11) is 0. The summed E-state index contributed by atoms with van der Waals surface area (Å²) >= 11 is 6.14. The van der Waals surface area contributed by atoms with E-state index in [2.05, 4.69) is 38.7 Å². The van der Waals surface area contributed by atoms with Crippen molar-refractivity contribution >= 4 is 36.2 Å². The summed E-state index contributed by atoms with van der Waals surface area (Å²) in [6, 6.07) is 0. The van der Waals surface area contributed by atoms with Crippen LogP contribution in [0.2, 0.25) is 0 Å². The maximum Gasteiger partial charge on any atom is 0.232 e. The molecule has 1 saturated heterocycles. The van der Waals surface area contributed by atoms with Gasteiger partial charge in [-0.1, -0.05) is 34.6 Å². The number of amides is 2. The van der Waals surface area contributed by atoms with Crippen molar-refractivity contribution < 1.29 is 9.59 Å². The van der Waals surface area contributed by atoms with Gasteiger partial charge in [-0.3, -0.25) is 9.59 Å². The zero-order valence-corrected chi connectivity index (χ0v) is 16.9. The Kier molecular flexibility index (Phi) is 7.78. The van der Waals surface area contributed by atoms with Crippen molar-refractivity contribution in [2.24, 2.45) is 5.92 Å². The first kappa shape index (κ1) is 20.7. The standard InChI is InChI=1S/C17H32N2O2S2/c1-16(2,3)23-12-14(20)19-10-6-13(7-11-19)15(21)18-9-8-17(4,5)22/h13,22H,6-12H2,1-5H3,(H,18,21). The molecule has 1 heterocycles. The van der Waals surface area contributed by atoms with Crippen molar-refractivity contribution in [2.75, 3.05) is 25.4 Å². The molecule has 0 bridgehead atoms. The highest BCUT2D eigenvalue weighted by molar-refractivity contribution is 8.01.